The maximum atomic E-state index is 8.93. The summed E-state index contributed by atoms with van der Waals surface area (Å²) in [5.74, 6) is 0. The maximum Gasteiger partial charge on any atom is 0.0634 e. The molecule has 16 heavy (non-hydrogen) atoms. The van der Waals surface area contributed by atoms with E-state index in [0.717, 1.165) is 25.9 Å². The first-order valence-corrected chi connectivity index (χ1v) is 5.89. The zero-order valence-corrected chi connectivity index (χ0v) is 10.1. The molecule has 0 amide bonds. The molecule has 1 aromatic carbocycles. The van der Waals surface area contributed by atoms with Crippen molar-refractivity contribution in [2.45, 2.75) is 12.8 Å². The number of hydrogen-bond donors (Lipinski definition) is 1. The molecular weight excluding hydrogens is 200 g/mol. The standard InChI is InChI=1S/C13H20N2O/c1-14-8-9-15(2)13-11(6-4-10-16)5-3-7-12(13)14/h3,5,7,16H,4,6,8-10H2,1-2H3. The van der Waals surface area contributed by atoms with Crippen molar-refractivity contribution in [3.05, 3.63) is 23.8 Å². The van der Waals surface area contributed by atoms with Crippen LogP contribution >= 0.6 is 0 Å². The van der Waals surface area contributed by atoms with Gasteiger partial charge in [-0.3, -0.25) is 0 Å². The highest BCUT2D eigenvalue weighted by Gasteiger charge is 2.19. The van der Waals surface area contributed by atoms with Gasteiger partial charge in [-0.05, 0) is 24.5 Å². The largest absolute Gasteiger partial charge is 0.396 e. The molecule has 0 saturated carbocycles. The number of likely N-dealkylation sites (N-methyl/N-ethyl adjacent to an activating group) is 2. The van der Waals surface area contributed by atoms with Crippen LogP contribution in [0.4, 0.5) is 11.4 Å². The van der Waals surface area contributed by atoms with E-state index in [-0.39, 0.29) is 6.61 Å². The SMILES string of the molecule is CN1CCN(C)c2c(CCCO)cccc21. The molecule has 0 bridgehead atoms. The molecule has 2 rings (SSSR count). The van der Waals surface area contributed by atoms with Crippen molar-refractivity contribution in [3.8, 4) is 0 Å². The zero-order valence-electron chi connectivity index (χ0n) is 10.1. The lowest BCUT2D eigenvalue weighted by molar-refractivity contribution is 0.288. The Morgan fingerprint density at radius 1 is 1.19 bits per heavy atom. The highest BCUT2D eigenvalue weighted by atomic mass is 16.2. The molecule has 3 nitrogen and oxygen atoms in total. The summed E-state index contributed by atoms with van der Waals surface area (Å²) in [4.78, 5) is 4.62. The fourth-order valence-electron chi connectivity index (χ4n) is 2.33. The number of benzene rings is 1. The van der Waals surface area contributed by atoms with E-state index in [4.69, 9.17) is 5.11 Å². The number of anilines is 2. The van der Waals surface area contributed by atoms with Gasteiger partial charge in [0.15, 0.2) is 0 Å². The number of aliphatic hydroxyl groups excluding tert-OH is 1. The average Bonchev–Trinajstić information content (AvgIpc) is 2.31. The Bertz CT molecular complexity index is 365. The number of rotatable bonds is 3. The molecule has 0 atom stereocenters. The van der Waals surface area contributed by atoms with Crippen LogP contribution in [0.1, 0.15) is 12.0 Å². The Balaban J connectivity index is 2.35. The van der Waals surface area contributed by atoms with Gasteiger partial charge >= 0.3 is 0 Å². The molecule has 1 aliphatic heterocycles. The van der Waals surface area contributed by atoms with E-state index in [1.807, 2.05) is 0 Å². The van der Waals surface area contributed by atoms with Crippen LogP contribution in [0.15, 0.2) is 18.2 Å². The third kappa shape index (κ3) is 2.00. The topological polar surface area (TPSA) is 26.7 Å². The van der Waals surface area contributed by atoms with E-state index in [9.17, 15) is 0 Å². The lowest BCUT2D eigenvalue weighted by Gasteiger charge is -2.36. The molecule has 0 unspecified atom stereocenters. The Labute approximate surface area is 97.3 Å². The number of nitrogens with zero attached hydrogens (tertiary/aromatic N) is 2. The van der Waals surface area contributed by atoms with Crippen LogP contribution in [-0.2, 0) is 6.42 Å². The number of fused-ring (bicyclic) bond motifs is 1. The van der Waals surface area contributed by atoms with Gasteiger partial charge < -0.3 is 14.9 Å². The van der Waals surface area contributed by atoms with Crippen LogP contribution in [0.25, 0.3) is 0 Å². The third-order valence-electron chi connectivity index (χ3n) is 3.27. The first-order valence-electron chi connectivity index (χ1n) is 5.89. The molecule has 88 valence electrons. The van der Waals surface area contributed by atoms with Crippen molar-refractivity contribution < 1.29 is 5.11 Å². The van der Waals surface area contributed by atoms with E-state index >= 15 is 0 Å². The van der Waals surface area contributed by atoms with Gasteiger partial charge in [-0.25, -0.2) is 0 Å². The van der Waals surface area contributed by atoms with Gasteiger partial charge in [-0.1, -0.05) is 12.1 Å². The minimum absolute atomic E-state index is 0.267. The summed E-state index contributed by atoms with van der Waals surface area (Å²) in [7, 11) is 4.29. The van der Waals surface area contributed by atoms with E-state index in [0.29, 0.717) is 0 Å². The van der Waals surface area contributed by atoms with E-state index in [2.05, 4.69) is 42.1 Å². The molecule has 1 N–H and O–H groups in total. The Hall–Kier alpha value is -1.22. The smallest absolute Gasteiger partial charge is 0.0634 e. The van der Waals surface area contributed by atoms with Crippen molar-refractivity contribution in [3.63, 3.8) is 0 Å². The van der Waals surface area contributed by atoms with Crippen LogP contribution in [0.2, 0.25) is 0 Å². The van der Waals surface area contributed by atoms with Gasteiger partial charge in [0.1, 0.15) is 0 Å². The Morgan fingerprint density at radius 3 is 2.69 bits per heavy atom. The highest BCUT2D eigenvalue weighted by molar-refractivity contribution is 5.76. The summed E-state index contributed by atoms with van der Waals surface area (Å²) in [5.41, 5.74) is 3.99. The minimum Gasteiger partial charge on any atom is -0.396 e. The molecule has 3 heteroatoms. The summed E-state index contributed by atoms with van der Waals surface area (Å²) >= 11 is 0. The van der Waals surface area contributed by atoms with Crippen molar-refractivity contribution >= 4 is 11.4 Å². The quantitative estimate of drug-likeness (QED) is 0.836. The second-order valence-corrected chi connectivity index (χ2v) is 4.46. The molecule has 1 aliphatic rings. The first kappa shape index (κ1) is 11.3. The summed E-state index contributed by atoms with van der Waals surface area (Å²) in [6.45, 7) is 2.41. The van der Waals surface area contributed by atoms with E-state index in [1.54, 1.807) is 0 Å². The fourth-order valence-corrected chi connectivity index (χ4v) is 2.33. The minimum atomic E-state index is 0.267. The van der Waals surface area contributed by atoms with Gasteiger partial charge in [-0.15, -0.1) is 0 Å². The predicted octanol–water partition coefficient (Wildman–Crippen LogP) is 1.50. The molecule has 1 heterocycles. The molecule has 0 radical (unpaired) electrons. The lowest BCUT2D eigenvalue weighted by Crippen LogP contribution is -2.37. The average molecular weight is 220 g/mol. The number of aryl methyl sites for hydroxylation is 1. The van der Waals surface area contributed by atoms with Crippen LogP contribution in [0.5, 0.6) is 0 Å². The lowest BCUT2D eigenvalue weighted by atomic mass is 10.0. The van der Waals surface area contributed by atoms with Crippen LogP contribution < -0.4 is 9.80 Å². The zero-order chi connectivity index (χ0) is 11.5. The second-order valence-electron chi connectivity index (χ2n) is 4.46. The van der Waals surface area contributed by atoms with Gasteiger partial charge in [-0.2, -0.15) is 0 Å². The monoisotopic (exact) mass is 220 g/mol. The summed E-state index contributed by atoms with van der Waals surface area (Å²) in [6.07, 6.45) is 1.80. The highest BCUT2D eigenvalue weighted by Crippen LogP contribution is 2.35. The molecule has 0 saturated heterocycles. The normalized spacial score (nSPS) is 15.2. The van der Waals surface area contributed by atoms with Crippen LogP contribution in [0, 0.1) is 0 Å². The summed E-state index contributed by atoms with van der Waals surface area (Å²) < 4.78 is 0. The van der Waals surface area contributed by atoms with Crippen molar-refractivity contribution in [2.24, 2.45) is 0 Å². The van der Waals surface area contributed by atoms with Crippen molar-refractivity contribution in [1.82, 2.24) is 0 Å². The number of hydrogen-bond acceptors (Lipinski definition) is 3. The Kier molecular flexibility index (Phi) is 3.34. The number of aliphatic hydroxyl groups is 1. The maximum absolute atomic E-state index is 8.93. The van der Waals surface area contributed by atoms with Gasteiger partial charge in [0, 0.05) is 33.8 Å². The van der Waals surface area contributed by atoms with E-state index in [1.165, 1.54) is 16.9 Å². The third-order valence-corrected chi connectivity index (χ3v) is 3.27. The fraction of sp³-hybridized carbons (Fsp3) is 0.538. The van der Waals surface area contributed by atoms with E-state index < -0.39 is 0 Å². The predicted molar refractivity (Wildman–Crippen MR) is 68.4 cm³/mol. The second kappa shape index (κ2) is 4.74. The first-order chi connectivity index (χ1) is 7.74. The van der Waals surface area contributed by atoms with Crippen molar-refractivity contribution in [1.29, 1.82) is 0 Å². The molecule has 0 aliphatic carbocycles. The molecule has 0 fully saturated rings. The van der Waals surface area contributed by atoms with Gasteiger partial charge in [0.25, 0.3) is 0 Å². The molecule has 0 aromatic heterocycles. The summed E-state index contributed by atoms with van der Waals surface area (Å²) in [6, 6.07) is 6.46. The van der Waals surface area contributed by atoms with Gasteiger partial charge in [0.05, 0.1) is 11.4 Å². The van der Waals surface area contributed by atoms with Crippen molar-refractivity contribution in [2.75, 3.05) is 43.6 Å². The van der Waals surface area contributed by atoms with Gasteiger partial charge in [0.2, 0.25) is 0 Å². The molecular formula is C13H20N2O. The molecule has 0 spiro atoms. The summed E-state index contributed by atoms with van der Waals surface area (Å²) in [5, 5.41) is 8.93. The number of para-hydroxylation sites is 1. The molecule has 1 aromatic rings. The Morgan fingerprint density at radius 2 is 1.94 bits per heavy atom. The van der Waals surface area contributed by atoms with Crippen LogP contribution in [0.3, 0.4) is 0 Å². The van der Waals surface area contributed by atoms with Crippen LogP contribution in [-0.4, -0.2) is 38.9 Å².